The Kier molecular flexibility index (Phi) is 5.46. The van der Waals surface area contributed by atoms with E-state index >= 15 is 0 Å². The topological polar surface area (TPSA) is 95.0 Å². The Bertz CT molecular complexity index is 1060. The van der Waals surface area contributed by atoms with Crippen molar-refractivity contribution in [3.05, 3.63) is 54.2 Å². The van der Waals surface area contributed by atoms with E-state index in [0.29, 0.717) is 31.7 Å². The molecule has 30 heavy (non-hydrogen) atoms. The minimum atomic E-state index is -3.63. The van der Waals surface area contributed by atoms with Crippen LogP contribution in [0.2, 0.25) is 0 Å². The largest absolute Gasteiger partial charge is 0.353 e. The maximum absolute atomic E-state index is 13.3. The first-order chi connectivity index (χ1) is 14.4. The summed E-state index contributed by atoms with van der Waals surface area (Å²) in [4.78, 5) is 26.4. The molecule has 2 aromatic rings. The zero-order chi connectivity index (χ0) is 21.3. The molecular formula is C21H25N5O3S. The molecule has 9 heteroatoms. The Labute approximate surface area is 176 Å². The van der Waals surface area contributed by atoms with Crippen LogP contribution in [0.1, 0.15) is 19.4 Å². The van der Waals surface area contributed by atoms with Crippen LogP contribution < -0.4 is 9.62 Å². The molecule has 8 nitrogen and oxygen atoms in total. The minimum Gasteiger partial charge on any atom is -0.353 e. The van der Waals surface area contributed by atoms with Gasteiger partial charge in [-0.05, 0) is 30.2 Å². The summed E-state index contributed by atoms with van der Waals surface area (Å²) < 4.78 is 27.2. The molecular weight excluding hydrogens is 402 g/mol. The molecule has 2 aliphatic heterocycles. The highest BCUT2D eigenvalue weighted by molar-refractivity contribution is 7.90. The lowest BCUT2D eigenvalue weighted by atomic mass is 10.0. The first-order valence-corrected chi connectivity index (χ1v) is 11.5. The first-order valence-electron chi connectivity index (χ1n) is 10.0. The SMILES string of the molecule is CC(C)C(N=C1NS(=O)(=O)c2ccccc21)C(=O)N1CCN(c2ccccn2)CC1. The van der Waals surface area contributed by atoms with Crippen LogP contribution in [0.4, 0.5) is 5.82 Å². The number of pyridine rings is 1. The second-order valence-electron chi connectivity index (χ2n) is 7.77. The lowest BCUT2D eigenvalue weighted by Crippen LogP contribution is -2.52. The van der Waals surface area contributed by atoms with Crippen molar-refractivity contribution in [1.82, 2.24) is 14.6 Å². The Morgan fingerprint density at radius 3 is 2.43 bits per heavy atom. The monoisotopic (exact) mass is 427 g/mol. The van der Waals surface area contributed by atoms with Gasteiger partial charge in [-0.1, -0.05) is 32.0 Å². The van der Waals surface area contributed by atoms with E-state index in [2.05, 4.69) is 19.6 Å². The smallest absolute Gasteiger partial charge is 0.263 e. The number of nitrogens with one attached hydrogen (secondary N) is 1. The van der Waals surface area contributed by atoms with E-state index in [1.54, 1.807) is 30.5 Å². The molecule has 1 fully saturated rings. The predicted octanol–water partition coefficient (Wildman–Crippen LogP) is 1.49. The Morgan fingerprint density at radius 1 is 1.07 bits per heavy atom. The number of hydrogen-bond acceptors (Lipinski definition) is 6. The van der Waals surface area contributed by atoms with Crippen molar-refractivity contribution < 1.29 is 13.2 Å². The first kappa shape index (κ1) is 20.3. The number of nitrogens with zero attached hydrogens (tertiary/aromatic N) is 4. The number of sulfonamides is 1. The number of rotatable bonds is 4. The van der Waals surface area contributed by atoms with E-state index in [1.807, 2.05) is 36.9 Å². The number of carbonyl (C=O) groups excluding carboxylic acids is 1. The van der Waals surface area contributed by atoms with Gasteiger partial charge in [0.25, 0.3) is 10.0 Å². The van der Waals surface area contributed by atoms with Crippen molar-refractivity contribution >= 4 is 27.6 Å². The van der Waals surface area contributed by atoms with E-state index in [1.165, 1.54) is 0 Å². The van der Waals surface area contributed by atoms with Crippen LogP contribution >= 0.6 is 0 Å². The van der Waals surface area contributed by atoms with Gasteiger partial charge in [-0.2, -0.15) is 0 Å². The third-order valence-corrected chi connectivity index (χ3v) is 6.78. The highest BCUT2D eigenvalue weighted by Crippen LogP contribution is 2.24. The van der Waals surface area contributed by atoms with Crippen molar-refractivity contribution in [2.24, 2.45) is 10.9 Å². The fourth-order valence-electron chi connectivity index (χ4n) is 3.74. The Hall–Kier alpha value is -2.94. The second kappa shape index (κ2) is 8.06. The number of fused-ring (bicyclic) bond motifs is 1. The number of hydrogen-bond donors (Lipinski definition) is 1. The van der Waals surface area contributed by atoms with Crippen molar-refractivity contribution in [3.8, 4) is 0 Å². The molecule has 1 aromatic heterocycles. The van der Waals surface area contributed by atoms with Gasteiger partial charge in [-0.25, -0.2) is 13.4 Å². The molecule has 0 spiro atoms. The van der Waals surface area contributed by atoms with Gasteiger partial charge in [0.2, 0.25) is 5.91 Å². The highest BCUT2D eigenvalue weighted by atomic mass is 32.2. The average Bonchev–Trinajstić information content (AvgIpc) is 3.02. The summed E-state index contributed by atoms with van der Waals surface area (Å²) in [5.74, 6) is 0.991. The van der Waals surface area contributed by atoms with Crippen molar-refractivity contribution in [2.45, 2.75) is 24.8 Å². The number of anilines is 1. The van der Waals surface area contributed by atoms with Crippen LogP contribution in [0.5, 0.6) is 0 Å². The number of benzene rings is 1. The summed E-state index contributed by atoms with van der Waals surface area (Å²) in [5.41, 5.74) is 0.510. The number of aliphatic imine (C=N–C) groups is 1. The molecule has 158 valence electrons. The van der Waals surface area contributed by atoms with Crippen molar-refractivity contribution in [1.29, 1.82) is 0 Å². The molecule has 0 radical (unpaired) electrons. The fraction of sp³-hybridized carbons (Fsp3) is 0.381. The van der Waals surface area contributed by atoms with E-state index in [0.717, 1.165) is 5.82 Å². The van der Waals surface area contributed by atoms with E-state index in [4.69, 9.17) is 0 Å². The maximum Gasteiger partial charge on any atom is 0.263 e. The van der Waals surface area contributed by atoms with Crippen LogP contribution in [0.15, 0.2) is 58.5 Å². The Balaban J connectivity index is 1.52. The Morgan fingerprint density at radius 2 is 1.77 bits per heavy atom. The molecule has 1 unspecified atom stereocenters. The number of amides is 1. The van der Waals surface area contributed by atoms with Crippen LogP contribution in [0.3, 0.4) is 0 Å². The van der Waals surface area contributed by atoms with Gasteiger partial charge in [-0.3, -0.25) is 14.5 Å². The summed E-state index contributed by atoms with van der Waals surface area (Å²) in [6.45, 7) is 6.38. The summed E-state index contributed by atoms with van der Waals surface area (Å²) >= 11 is 0. The van der Waals surface area contributed by atoms with Crippen LogP contribution in [0.25, 0.3) is 0 Å². The third-order valence-electron chi connectivity index (χ3n) is 5.38. The fourth-order valence-corrected chi connectivity index (χ4v) is 4.98. The molecule has 1 N–H and O–H groups in total. The molecule has 4 rings (SSSR count). The summed E-state index contributed by atoms with van der Waals surface area (Å²) in [7, 11) is -3.63. The van der Waals surface area contributed by atoms with Gasteiger partial charge in [-0.15, -0.1) is 0 Å². The predicted molar refractivity (Wildman–Crippen MR) is 115 cm³/mol. The lowest BCUT2D eigenvalue weighted by molar-refractivity contribution is -0.133. The van der Waals surface area contributed by atoms with E-state index in [9.17, 15) is 13.2 Å². The second-order valence-corrected chi connectivity index (χ2v) is 9.42. The molecule has 3 heterocycles. The molecule has 1 amide bonds. The molecule has 1 saturated heterocycles. The zero-order valence-corrected chi connectivity index (χ0v) is 17.8. The van der Waals surface area contributed by atoms with E-state index < -0.39 is 16.1 Å². The normalized spacial score (nSPS) is 20.2. The van der Waals surface area contributed by atoms with Gasteiger partial charge in [0.1, 0.15) is 17.7 Å². The average molecular weight is 428 g/mol. The molecule has 1 atom stereocenters. The number of amidine groups is 1. The van der Waals surface area contributed by atoms with Crippen LogP contribution in [0, 0.1) is 5.92 Å². The molecule has 2 aliphatic rings. The summed E-state index contributed by atoms with van der Waals surface area (Å²) in [6.07, 6.45) is 1.76. The highest BCUT2D eigenvalue weighted by Gasteiger charge is 2.34. The van der Waals surface area contributed by atoms with Gasteiger partial charge >= 0.3 is 0 Å². The van der Waals surface area contributed by atoms with Crippen molar-refractivity contribution in [2.75, 3.05) is 31.1 Å². The summed E-state index contributed by atoms with van der Waals surface area (Å²) in [5, 5.41) is 0. The molecule has 1 aromatic carbocycles. The number of aromatic nitrogens is 1. The van der Waals surface area contributed by atoms with Gasteiger partial charge in [0, 0.05) is 37.9 Å². The zero-order valence-electron chi connectivity index (χ0n) is 17.0. The number of piperazine rings is 1. The van der Waals surface area contributed by atoms with Crippen LogP contribution in [-0.2, 0) is 14.8 Å². The summed E-state index contributed by atoms with van der Waals surface area (Å²) in [6, 6.07) is 11.8. The standard InChI is InChI=1S/C21H25N5O3S/c1-15(2)19(23-20-16-7-3-4-8-17(16)30(28,29)24-20)21(27)26-13-11-25(12-14-26)18-9-5-6-10-22-18/h3-10,15,19H,11-14H2,1-2H3,(H,23,24). The van der Waals surface area contributed by atoms with Crippen LogP contribution in [-0.4, -0.2) is 62.3 Å². The number of carbonyl (C=O) groups is 1. The molecule has 0 aliphatic carbocycles. The third kappa shape index (κ3) is 3.89. The molecule has 0 saturated carbocycles. The quantitative estimate of drug-likeness (QED) is 0.798. The molecule has 0 bridgehead atoms. The van der Waals surface area contributed by atoms with Gasteiger partial charge < -0.3 is 9.80 Å². The van der Waals surface area contributed by atoms with Gasteiger partial charge in [0.15, 0.2) is 0 Å². The minimum absolute atomic E-state index is 0.0731. The lowest BCUT2D eigenvalue weighted by Gasteiger charge is -2.37. The maximum atomic E-state index is 13.3. The van der Waals surface area contributed by atoms with E-state index in [-0.39, 0.29) is 22.6 Å². The van der Waals surface area contributed by atoms with Crippen molar-refractivity contribution in [3.63, 3.8) is 0 Å². The van der Waals surface area contributed by atoms with Gasteiger partial charge in [0.05, 0.1) is 4.90 Å².